The Labute approximate surface area is 141 Å². The molecule has 0 spiro atoms. The number of phenolic OH excluding ortho intramolecular Hbond substituents is 1. The Bertz CT molecular complexity index is 579. The average Bonchev–Trinajstić information content (AvgIpc) is 2.57. The molecule has 1 aromatic heterocycles. The van der Waals surface area contributed by atoms with Gasteiger partial charge in [0, 0.05) is 11.6 Å². The molecule has 2 aromatic rings. The summed E-state index contributed by atoms with van der Waals surface area (Å²) in [6, 6.07) is 7.98. The zero-order valence-electron chi connectivity index (χ0n) is 14.6. The van der Waals surface area contributed by atoms with Gasteiger partial charge in [-0.3, -0.25) is 4.98 Å². The van der Waals surface area contributed by atoms with Gasteiger partial charge in [0.15, 0.2) is 0 Å². The Morgan fingerprint density at radius 3 is 2.22 bits per heavy atom. The van der Waals surface area contributed by atoms with E-state index >= 15 is 0 Å². The van der Waals surface area contributed by atoms with Crippen LogP contribution in [0.25, 0.3) is 10.9 Å². The molecule has 2 heteroatoms. The summed E-state index contributed by atoms with van der Waals surface area (Å²) >= 11 is 0. The zero-order valence-corrected chi connectivity index (χ0v) is 14.6. The summed E-state index contributed by atoms with van der Waals surface area (Å²) in [5.41, 5.74) is 1.93. The van der Waals surface area contributed by atoms with Crippen LogP contribution in [0.4, 0.5) is 0 Å². The number of unbranched alkanes of at least 4 members (excludes halogenated alkanes) is 9. The van der Waals surface area contributed by atoms with Crippen LogP contribution < -0.4 is 0 Å². The molecule has 1 aromatic carbocycles. The van der Waals surface area contributed by atoms with Crippen molar-refractivity contribution in [3.63, 3.8) is 0 Å². The van der Waals surface area contributed by atoms with E-state index < -0.39 is 0 Å². The average molecular weight is 313 g/mol. The minimum absolute atomic E-state index is 0.310. The van der Waals surface area contributed by atoms with Crippen LogP contribution in [0.15, 0.2) is 30.5 Å². The molecule has 126 valence electrons. The van der Waals surface area contributed by atoms with Crippen molar-refractivity contribution in [1.29, 1.82) is 0 Å². The molecular formula is C21H31NO. The summed E-state index contributed by atoms with van der Waals surface area (Å²) in [4.78, 5) is 4.23. The minimum atomic E-state index is 0.310. The fourth-order valence-electron chi connectivity index (χ4n) is 3.19. The Balaban J connectivity index is 1.61. The summed E-state index contributed by atoms with van der Waals surface area (Å²) in [5.74, 6) is 0.310. The predicted octanol–water partition coefficient (Wildman–Crippen LogP) is 6.40. The number of benzene rings is 1. The Morgan fingerprint density at radius 2 is 1.52 bits per heavy atom. The lowest BCUT2D eigenvalue weighted by Gasteiger charge is -2.06. The van der Waals surface area contributed by atoms with Crippen LogP contribution in [0.2, 0.25) is 0 Å². The lowest BCUT2D eigenvalue weighted by atomic mass is 10.0. The van der Waals surface area contributed by atoms with Crippen LogP contribution in [0, 0.1) is 0 Å². The lowest BCUT2D eigenvalue weighted by molar-refractivity contribution is 0.479. The Kier molecular flexibility index (Phi) is 7.92. The van der Waals surface area contributed by atoms with E-state index in [0.29, 0.717) is 11.3 Å². The van der Waals surface area contributed by atoms with Crippen LogP contribution in [-0.4, -0.2) is 10.1 Å². The maximum atomic E-state index is 10.1. The van der Waals surface area contributed by atoms with Crippen LogP contribution >= 0.6 is 0 Å². The smallest absolute Gasteiger partial charge is 0.142 e. The second kappa shape index (κ2) is 10.3. The van der Waals surface area contributed by atoms with Gasteiger partial charge >= 0.3 is 0 Å². The third-order valence-corrected chi connectivity index (χ3v) is 4.56. The number of nitrogens with zero attached hydrogens (tertiary/aromatic N) is 1. The van der Waals surface area contributed by atoms with Crippen LogP contribution in [-0.2, 0) is 6.42 Å². The van der Waals surface area contributed by atoms with Crippen molar-refractivity contribution in [2.45, 2.75) is 77.6 Å². The standard InChI is InChI=1S/C21H31NO/c1-2-3-4-5-6-7-8-9-10-11-13-18-16-19-14-12-15-22-21(19)20(23)17-18/h12,14-17,23H,2-11,13H2,1H3. The van der Waals surface area contributed by atoms with Gasteiger partial charge in [-0.05, 0) is 36.6 Å². The first-order chi connectivity index (χ1) is 11.3. The Morgan fingerprint density at radius 1 is 0.870 bits per heavy atom. The van der Waals surface area contributed by atoms with E-state index in [1.165, 1.54) is 69.8 Å². The van der Waals surface area contributed by atoms with E-state index in [2.05, 4.69) is 18.0 Å². The van der Waals surface area contributed by atoms with Crippen LogP contribution in [0.3, 0.4) is 0 Å². The molecule has 0 fully saturated rings. The summed E-state index contributed by atoms with van der Waals surface area (Å²) in [7, 11) is 0. The highest BCUT2D eigenvalue weighted by molar-refractivity contribution is 5.84. The number of pyridine rings is 1. The molecule has 2 nitrogen and oxygen atoms in total. The first kappa shape index (κ1) is 17.8. The van der Waals surface area contributed by atoms with Gasteiger partial charge in [0.05, 0.1) is 0 Å². The number of hydrogen-bond acceptors (Lipinski definition) is 2. The largest absolute Gasteiger partial charge is 0.506 e. The molecule has 0 amide bonds. The first-order valence-corrected chi connectivity index (χ1v) is 9.38. The van der Waals surface area contributed by atoms with E-state index in [1.807, 2.05) is 18.2 Å². The lowest BCUT2D eigenvalue weighted by Crippen LogP contribution is -1.88. The van der Waals surface area contributed by atoms with Crippen LogP contribution in [0.1, 0.15) is 76.7 Å². The number of rotatable bonds is 11. The van der Waals surface area contributed by atoms with Crippen molar-refractivity contribution in [2.75, 3.05) is 0 Å². The highest BCUT2D eigenvalue weighted by atomic mass is 16.3. The van der Waals surface area contributed by atoms with Gasteiger partial charge < -0.3 is 5.11 Å². The minimum Gasteiger partial charge on any atom is -0.506 e. The molecule has 0 atom stereocenters. The molecule has 1 N–H and O–H groups in total. The summed E-state index contributed by atoms with van der Waals surface area (Å²) in [6.07, 6.45) is 16.4. The van der Waals surface area contributed by atoms with E-state index in [-0.39, 0.29) is 0 Å². The SMILES string of the molecule is CCCCCCCCCCCCc1cc(O)c2ncccc2c1. The van der Waals surface area contributed by atoms with Gasteiger partial charge in [-0.1, -0.05) is 70.8 Å². The molecule has 1 heterocycles. The van der Waals surface area contributed by atoms with Gasteiger partial charge in [0.1, 0.15) is 11.3 Å². The highest BCUT2D eigenvalue weighted by Gasteiger charge is 2.03. The maximum Gasteiger partial charge on any atom is 0.142 e. The predicted molar refractivity (Wildman–Crippen MR) is 99.0 cm³/mol. The molecule has 23 heavy (non-hydrogen) atoms. The molecule has 0 bridgehead atoms. The molecule has 0 radical (unpaired) electrons. The van der Waals surface area contributed by atoms with E-state index in [0.717, 1.165) is 11.8 Å². The molecule has 0 aliphatic heterocycles. The second-order valence-corrected chi connectivity index (χ2v) is 6.62. The fourth-order valence-corrected chi connectivity index (χ4v) is 3.19. The van der Waals surface area contributed by atoms with Crippen molar-refractivity contribution in [2.24, 2.45) is 0 Å². The molecule has 2 rings (SSSR count). The molecular weight excluding hydrogens is 282 g/mol. The third-order valence-electron chi connectivity index (χ3n) is 4.56. The quantitative estimate of drug-likeness (QED) is 0.487. The van der Waals surface area contributed by atoms with Crippen molar-refractivity contribution in [1.82, 2.24) is 4.98 Å². The summed E-state index contributed by atoms with van der Waals surface area (Å²) in [5, 5.41) is 11.1. The molecule has 0 saturated carbocycles. The monoisotopic (exact) mass is 313 g/mol. The van der Waals surface area contributed by atoms with Crippen molar-refractivity contribution in [3.8, 4) is 5.75 Å². The highest BCUT2D eigenvalue weighted by Crippen LogP contribution is 2.25. The molecule has 0 aliphatic carbocycles. The van der Waals surface area contributed by atoms with Gasteiger partial charge in [-0.2, -0.15) is 0 Å². The van der Waals surface area contributed by atoms with Crippen molar-refractivity contribution >= 4 is 10.9 Å². The number of aromatic hydroxyl groups is 1. The normalized spacial score (nSPS) is 11.2. The van der Waals surface area contributed by atoms with E-state index in [9.17, 15) is 5.11 Å². The van der Waals surface area contributed by atoms with E-state index in [1.54, 1.807) is 6.20 Å². The van der Waals surface area contributed by atoms with Crippen LogP contribution in [0.5, 0.6) is 5.75 Å². The molecule has 0 aliphatic rings. The number of hydrogen-bond donors (Lipinski definition) is 1. The number of fused-ring (bicyclic) bond motifs is 1. The van der Waals surface area contributed by atoms with Gasteiger partial charge in [-0.25, -0.2) is 0 Å². The Hall–Kier alpha value is -1.57. The summed E-state index contributed by atoms with van der Waals surface area (Å²) < 4.78 is 0. The summed E-state index contributed by atoms with van der Waals surface area (Å²) in [6.45, 7) is 2.27. The molecule has 0 unspecified atom stereocenters. The third kappa shape index (κ3) is 6.21. The zero-order chi connectivity index (χ0) is 16.3. The fraction of sp³-hybridized carbons (Fsp3) is 0.571. The topological polar surface area (TPSA) is 33.1 Å². The van der Waals surface area contributed by atoms with Gasteiger partial charge in [0.2, 0.25) is 0 Å². The van der Waals surface area contributed by atoms with Crippen molar-refractivity contribution in [3.05, 3.63) is 36.0 Å². The van der Waals surface area contributed by atoms with E-state index in [4.69, 9.17) is 0 Å². The van der Waals surface area contributed by atoms with Crippen molar-refractivity contribution < 1.29 is 5.11 Å². The van der Waals surface area contributed by atoms with Gasteiger partial charge in [-0.15, -0.1) is 0 Å². The number of aryl methyl sites for hydroxylation is 1. The first-order valence-electron chi connectivity index (χ1n) is 9.38. The maximum absolute atomic E-state index is 10.1. The van der Waals surface area contributed by atoms with Gasteiger partial charge in [0.25, 0.3) is 0 Å². The number of aromatic nitrogens is 1. The second-order valence-electron chi connectivity index (χ2n) is 6.62. The molecule has 0 saturated heterocycles. The number of phenols is 1.